The molecule has 6 heteroatoms. The minimum atomic E-state index is 0.410. The van der Waals surface area contributed by atoms with Gasteiger partial charge in [-0.25, -0.2) is 15.0 Å². The van der Waals surface area contributed by atoms with E-state index >= 15 is 0 Å². The summed E-state index contributed by atoms with van der Waals surface area (Å²) in [6, 6.07) is 7.60. The van der Waals surface area contributed by atoms with Gasteiger partial charge in [-0.15, -0.1) is 0 Å². The number of nitrogens with two attached hydrogens (primary N) is 1. The van der Waals surface area contributed by atoms with Crippen LogP contribution in [0.4, 0.5) is 5.82 Å². The van der Waals surface area contributed by atoms with Crippen molar-refractivity contribution < 1.29 is 4.74 Å². The summed E-state index contributed by atoms with van der Waals surface area (Å²) < 4.78 is 6.97. The topological polar surface area (TPSA) is 78.8 Å². The fraction of sp³-hybridized carbons (Fsp3) is 0.0833. The summed E-state index contributed by atoms with van der Waals surface area (Å²) in [7, 11) is 1.63. The van der Waals surface area contributed by atoms with Gasteiger partial charge in [0.2, 0.25) is 0 Å². The average molecular weight is 241 g/mol. The summed E-state index contributed by atoms with van der Waals surface area (Å²) in [5.41, 5.74) is 8.08. The van der Waals surface area contributed by atoms with Crippen LogP contribution in [0.1, 0.15) is 0 Å². The number of benzene rings is 1. The lowest BCUT2D eigenvalue weighted by Gasteiger charge is -2.06. The number of anilines is 1. The molecule has 2 aromatic heterocycles. The molecule has 6 nitrogen and oxygen atoms in total. The van der Waals surface area contributed by atoms with Crippen molar-refractivity contribution in [2.24, 2.45) is 0 Å². The van der Waals surface area contributed by atoms with E-state index in [-0.39, 0.29) is 0 Å². The number of rotatable bonds is 2. The van der Waals surface area contributed by atoms with E-state index in [0.717, 1.165) is 11.4 Å². The van der Waals surface area contributed by atoms with Crippen molar-refractivity contribution in [1.29, 1.82) is 0 Å². The first-order valence-electron chi connectivity index (χ1n) is 5.37. The Bertz CT molecular complexity index is 689. The normalized spacial score (nSPS) is 10.7. The van der Waals surface area contributed by atoms with Gasteiger partial charge in [0.15, 0.2) is 11.5 Å². The lowest BCUT2D eigenvalue weighted by atomic mass is 10.3. The van der Waals surface area contributed by atoms with E-state index in [9.17, 15) is 0 Å². The summed E-state index contributed by atoms with van der Waals surface area (Å²) in [6.07, 6.45) is 3.08. The molecule has 90 valence electrons. The van der Waals surface area contributed by atoms with Crippen molar-refractivity contribution in [3.8, 4) is 11.4 Å². The zero-order valence-corrected chi connectivity index (χ0v) is 9.74. The zero-order chi connectivity index (χ0) is 12.5. The SMILES string of the molecule is COc1ccc(-n2cnc3ncnc(N)c32)cc1. The van der Waals surface area contributed by atoms with E-state index < -0.39 is 0 Å². The Hall–Kier alpha value is -2.63. The van der Waals surface area contributed by atoms with Crippen molar-refractivity contribution in [2.45, 2.75) is 0 Å². The average Bonchev–Trinajstić information content (AvgIpc) is 2.84. The van der Waals surface area contributed by atoms with Gasteiger partial charge < -0.3 is 10.5 Å². The first-order valence-corrected chi connectivity index (χ1v) is 5.37. The largest absolute Gasteiger partial charge is 0.497 e. The van der Waals surface area contributed by atoms with E-state index in [1.807, 2.05) is 28.8 Å². The first kappa shape index (κ1) is 10.5. The summed E-state index contributed by atoms with van der Waals surface area (Å²) in [4.78, 5) is 12.3. The lowest BCUT2D eigenvalue weighted by Crippen LogP contribution is -1.98. The van der Waals surface area contributed by atoms with Crippen molar-refractivity contribution in [1.82, 2.24) is 19.5 Å². The number of methoxy groups -OCH3 is 1. The number of aromatic nitrogens is 4. The van der Waals surface area contributed by atoms with Crippen LogP contribution >= 0.6 is 0 Å². The molecule has 2 N–H and O–H groups in total. The molecule has 1 aromatic carbocycles. The van der Waals surface area contributed by atoms with Gasteiger partial charge in [-0.3, -0.25) is 4.57 Å². The molecule has 3 aromatic rings. The number of nitrogens with zero attached hydrogens (tertiary/aromatic N) is 4. The van der Waals surface area contributed by atoms with Crippen LogP contribution in [-0.2, 0) is 0 Å². The number of hydrogen-bond donors (Lipinski definition) is 1. The summed E-state index contributed by atoms with van der Waals surface area (Å²) in [5, 5.41) is 0. The van der Waals surface area contributed by atoms with Crippen molar-refractivity contribution in [3.63, 3.8) is 0 Å². The molecule has 0 radical (unpaired) electrons. The van der Waals surface area contributed by atoms with Crippen molar-refractivity contribution in [3.05, 3.63) is 36.9 Å². The molecular weight excluding hydrogens is 230 g/mol. The number of ether oxygens (including phenoxy) is 1. The second-order valence-electron chi connectivity index (χ2n) is 3.74. The fourth-order valence-corrected chi connectivity index (χ4v) is 1.82. The molecule has 0 spiro atoms. The van der Waals surface area contributed by atoms with E-state index in [1.54, 1.807) is 13.4 Å². The Kier molecular flexibility index (Phi) is 2.33. The Balaban J connectivity index is 2.18. The van der Waals surface area contributed by atoms with Gasteiger partial charge in [0.05, 0.1) is 7.11 Å². The second-order valence-corrected chi connectivity index (χ2v) is 3.74. The summed E-state index contributed by atoms with van der Waals surface area (Å²) >= 11 is 0. The smallest absolute Gasteiger partial charge is 0.183 e. The molecule has 0 aliphatic rings. The van der Waals surface area contributed by atoms with Crippen LogP contribution in [0.15, 0.2) is 36.9 Å². The lowest BCUT2D eigenvalue weighted by molar-refractivity contribution is 0.415. The van der Waals surface area contributed by atoms with Gasteiger partial charge in [-0.1, -0.05) is 0 Å². The highest BCUT2D eigenvalue weighted by Crippen LogP contribution is 2.21. The second kappa shape index (κ2) is 3.99. The molecule has 0 amide bonds. The quantitative estimate of drug-likeness (QED) is 0.733. The molecule has 0 aliphatic carbocycles. The molecular formula is C12H11N5O. The molecule has 0 atom stereocenters. The molecule has 18 heavy (non-hydrogen) atoms. The van der Waals surface area contributed by atoms with Crippen LogP contribution in [0.25, 0.3) is 16.9 Å². The van der Waals surface area contributed by atoms with E-state index in [0.29, 0.717) is 17.0 Å². The highest BCUT2D eigenvalue weighted by Gasteiger charge is 2.09. The van der Waals surface area contributed by atoms with Gasteiger partial charge >= 0.3 is 0 Å². The third-order valence-corrected chi connectivity index (χ3v) is 2.72. The van der Waals surface area contributed by atoms with E-state index in [2.05, 4.69) is 15.0 Å². The molecule has 2 heterocycles. The molecule has 0 aliphatic heterocycles. The maximum Gasteiger partial charge on any atom is 0.183 e. The maximum absolute atomic E-state index is 5.86. The highest BCUT2D eigenvalue weighted by molar-refractivity contribution is 5.83. The van der Waals surface area contributed by atoms with Crippen LogP contribution < -0.4 is 10.5 Å². The standard InChI is InChI=1S/C12H11N5O/c1-18-9-4-2-8(3-5-9)17-7-16-12-10(17)11(13)14-6-15-12/h2-7H,1H3,(H2,13,14,15). The molecule has 3 rings (SSSR count). The molecule has 0 bridgehead atoms. The number of imidazole rings is 1. The van der Waals surface area contributed by atoms with Crippen LogP contribution in [0.3, 0.4) is 0 Å². The Labute approximate surface area is 103 Å². The first-order chi connectivity index (χ1) is 8.79. The maximum atomic E-state index is 5.86. The molecule has 0 fully saturated rings. The molecule has 0 saturated heterocycles. The van der Waals surface area contributed by atoms with E-state index in [1.165, 1.54) is 6.33 Å². The Morgan fingerprint density at radius 2 is 1.89 bits per heavy atom. The van der Waals surface area contributed by atoms with Crippen LogP contribution in [0.2, 0.25) is 0 Å². The third kappa shape index (κ3) is 1.55. The Morgan fingerprint density at radius 1 is 1.11 bits per heavy atom. The predicted octanol–water partition coefficient (Wildman–Crippen LogP) is 1.41. The minimum absolute atomic E-state index is 0.410. The van der Waals surface area contributed by atoms with Gasteiger partial charge in [0, 0.05) is 5.69 Å². The molecule has 0 unspecified atom stereocenters. The van der Waals surface area contributed by atoms with Gasteiger partial charge in [-0.2, -0.15) is 0 Å². The Morgan fingerprint density at radius 3 is 2.61 bits per heavy atom. The van der Waals surface area contributed by atoms with Crippen LogP contribution in [0.5, 0.6) is 5.75 Å². The highest BCUT2D eigenvalue weighted by atomic mass is 16.5. The summed E-state index contributed by atoms with van der Waals surface area (Å²) in [5.74, 6) is 1.21. The summed E-state index contributed by atoms with van der Waals surface area (Å²) in [6.45, 7) is 0. The number of hydrogen-bond acceptors (Lipinski definition) is 5. The van der Waals surface area contributed by atoms with Gasteiger partial charge in [-0.05, 0) is 24.3 Å². The van der Waals surface area contributed by atoms with Crippen LogP contribution in [0, 0.1) is 0 Å². The van der Waals surface area contributed by atoms with E-state index in [4.69, 9.17) is 10.5 Å². The van der Waals surface area contributed by atoms with Crippen LogP contribution in [-0.4, -0.2) is 26.6 Å². The third-order valence-electron chi connectivity index (χ3n) is 2.72. The predicted molar refractivity (Wildman–Crippen MR) is 67.6 cm³/mol. The van der Waals surface area contributed by atoms with Crippen molar-refractivity contribution in [2.75, 3.05) is 12.8 Å². The van der Waals surface area contributed by atoms with Gasteiger partial charge in [0.25, 0.3) is 0 Å². The number of fused-ring (bicyclic) bond motifs is 1. The number of nitrogen functional groups attached to an aromatic ring is 1. The monoisotopic (exact) mass is 241 g/mol. The minimum Gasteiger partial charge on any atom is -0.497 e. The molecule has 0 saturated carbocycles. The van der Waals surface area contributed by atoms with Crippen molar-refractivity contribution >= 4 is 17.0 Å². The van der Waals surface area contributed by atoms with Gasteiger partial charge in [0.1, 0.15) is 23.9 Å². The fourth-order valence-electron chi connectivity index (χ4n) is 1.82. The zero-order valence-electron chi connectivity index (χ0n) is 9.74.